The number of anilines is 2. The highest BCUT2D eigenvalue weighted by Crippen LogP contribution is 2.39. The van der Waals surface area contributed by atoms with Crippen LogP contribution in [-0.2, 0) is 6.42 Å². The Kier molecular flexibility index (Phi) is 4.34. The first-order valence-corrected chi connectivity index (χ1v) is 10.3. The molecule has 1 aliphatic carbocycles. The Morgan fingerprint density at radius 3 is 2.86 bits per heavy atom. The third-order valence-corrected chi connectivity index (χ3v) is 6.40. The molecule has 0 amide bonds. The molecule has 0 radical (unpaired) electrons. The molecule has 4 N–H and O–H groups in total. The maximum Gasteiger partial charge on any atom is 0.145 e. The average molecular weight is 387 g/mol. The summed E-state index contributed by atoms with van der Waals surface area (Å²) in [5, 5.41) is 2.11. The Morgan fingerprint density at radius 1 is 1.07 bits per heavy atom. The van der Waals surface area contributed by atoms with Gasteiger partial charge in [0.2, 0.25) is 0 Å². The van der Waals surface area contributed by atoms with Crippen molar-refractivity contribution in [2.45, 2.75) is 45.1 Å². The molecule has 2 unspecified atom stereocenters. The first-order chi connectivity index (χ1) is 14.1. The summed E-state index contributed by atoms with van der Waals surface area (Å²) in [5.74, 6) is 1.91. The van der Waals surface area contributed by atoms with Gasteiger partial charge in [-0.25, -0.2) is 15.0 Å². The Hall–Kier alpha value is -3.15. The van der Waals surface area contributed by atoms with Crippen LogP contribution in [-0.4, -0.2) is 19.5 Å². The van der Waals surface area contributed by atoms with Gasteiger partial charge in [0.25, 0.3) is 0 Å². The molecule has 0 spiro atoms. The number of benzene rings is 1. The van der Waals surface area contributed by atoms with Crippen LogP contribution in [0, 0.1) is 12.8 Å². The quantitative estimate of drug-likeness (QED) is 0.541. The molecule has 148 valence electrons. The Labute approximate surface area is 170 Å². The molecule has 1 fully saturated rings. The minimum Gasteiger partial charge on any atom is -0.383 e. The molecule has 4 aromatic rings. The molecule has 2 atom stereocenters. The molecular formula is C23H26N6. The van der Waals surface area contributed by atoms with E-state index in [1.54, 1.807) is 6.33 Å². The summed E-state index contributed by atoms with van der Waals surface area (Å²) in [4.78, 5) is 13.1. The summed E-state index contributed by atoms with van der Waals surface area (Å²) >= 11 is 0. The lowest BCUT2D eigenvalue weighted by atomic mass is 9.97. The van der Waals surface area contributed by atoms with Crippen LogP contribution in [0.1, 0.15) is 42.9 Å². The lowest BCUT2D eigenvalue weighted by Gasteiger charge is -2.14. The van der Waals surface area contributed by atoms with Gasteiger partial charge in [-0.05, 0) is 74.3 Å². The third-order valence-electron chi connectivity index (χ3n) is 6.40. The number of rotatable bonds is 4. The monoisotopic (exact) mass is 386 g/mol. The molecule has 1 aliphatic rings. The predicted octanol–water partition coefficient (Wildman–Crippen LogP) is 4.43. The van der Waals surface area contributed by atoms with Crippen molar-refractivity contribution in [3.63, 3.8) is 0 Å². The molecule has 0 aliphatic heterocycles. The predicted molar refractivity (Wildman–Crippen MR) is 118 cm³/mol. The number of fused-ring (bicyclic) bond motifs is 2. The molecule has 5 rings (SSSR count). The van der Waals surface area contributed by atoms with E-state index in [4.69, 9.17) is 11.5 Å². The zero-order chi connectivity index (χ0) is 20.0. The van der Waals surface area contributed by atoms with E-state index in [1.807, 2.05) is 13.0 Å². The standard InChI is InChI=1S/C23H26N6/c1-14-10-17-6-4-16(12-20(17)28-21(14)24)3-2-15-5-7-18(11-15)29-9-8-19-22(25)26-13-27-23(19)29/h4,6,8-10,12-13,15,18H,2-3,5,7,11H2,1H3,(H2,24,28)(H2,25,26,27). The van der Waals surface area contributed by atoms with E-state index in [9.17, 15) is 0 Å². The fraction of sp³-hybridized carbons (Fsp3) is 0.348. The average Bonchev–Trinajstić information content (AvgIpc) is 3.35. The zero-order valence-corrected chi connectivity index (χ0v) is 16.7. The molecular weight excluding hydrogens is 360 g/mol. The smallest absolute Gasteiger partial charge is 0.145 e. The Morgan fingerprint density at radius 2 is 1.97 bits per heavy atom. The number of pyridine rings is 1. The van der Waals surface area contributed by atoms with Gasteiger partial charge in [-0.2, -0.15) is 0 Å². The summed E-state index contributed by atoms with van der Waals surface area (Å²) in [7, 11) is 0. The molecule has 6 heteroatoms. The van der Waals surface area contributed by atoms with Crippen LogP contribution in [0.2, 0.25) is 0 Å². The molecule has 0 bridgehead atoms. The molecule has 3 aromatic heterocycles. The molecule has 1 saturated carbocycles. The van der Waals surface area contributed by atoms with Gasteiger partial charge in [0.15, 0.2) is 0 Å². The fourth-order valence-electron chi connectivity index (χ4n) is 4.71. The highest BCUT2D eigenvalue weighted by atomic mass is 15.1. The third kappa shape index (κ3) is 3.28. The van der Waals surface area contributed by atoms with E-state index in [-0.39, 0.29) is 0 Å². The summed E-state index contributed by atoms with van der Waals surface area (Å²) in [6, 6.07) is 11.2. The van der Waals surface area contributed by atoms with Crippen molar-refractivity contribution < 1.29 is 0 Å². The molecule has 0 saturated heterocycles. The summed E-state index contributed by atoms with van der Waals surface area (Å²) in [6.45, 7) is 2.00. The van der Waals surface area contributed by atoms with Crippen LogP contribution in [0.4, 0.5) is 11.6 Å². The molecule has 3 heterocycles. The van der Waals surface area contributed by atoms with Gasteiger partial charge < -0.3 is 16.0 Å². The van der Waals surface area contributed by atoms with E-state index < -0.39 is 0 Å². The van der Waals surface area contributed by atoms with Crippen molar-refractivity contribution in [3.8, 4) is 0 Å². The lowest BCUT2D eigenvalue weighted by Crippen LogP contribution is -2.06. The minimum atomic E-state index is 0.493. The minimum absolute atomic E-state index is 0.493. The maximum absolute atomic E-state index is 5.99. The number of hydrogen-bond donors (Lipinski definition) is 2. The Bertz CT molecular complexity index is 1190. The highest BCUT2D eigenvalue weighted by molar-refractivity contribution is 5.86. The van der Waals surface area contributed by atoms with E-state index in [1.165, 1.54) is 31.2 Å². The van der Waals surface area contributed by atoms with Gasteiger partial charge in [-0.1, -0.05) is 12.1 Å². The van der Waals surface area contributed by atoms with Crippen molar-refractivity contribution in [2.24, 2.45) is 5.92 Å². The second-order valence-electron chi connectivity index (χ2n) is 8.31. The topological polar surface area (TPSA) is 95.6 Å². The number of nitrogens with two attached hydrogens (primary N) is 2. The van der Waals surface area contributed by atoms with Crippen molar-refractivity contribution in [3.05, 3.63) is 54.0 Å². The van der Waals surface area contributed by atoms with Crippen LogP contribution in [0.3, 0.4) is 0 Å². The van der Waals surface area contributed by atoms with Gasteiger partial charge >= 0.3 is 0 Å². The van der Waals surface area contributed by atoms with Crippen LogP contribution in [0.25, 0.3) is 21.9 Å². The second kappa shape index (κ2) is 7.03. The molecule has 29 heavy (non-hydrogen) atoms. The first kappa shape index (κ1) is 17.9. The zero-order valence-electron chi connectivity index (χ0n) is 16.7. The normalized spacial score (nSPS) is 19.3. The van der Waals surface area contributed by atoms with E-state index >= 15 is 0 Å². The summed E-state index contributed by atoms with van der Waals surface area (Å²) < 4.78 is 2.29. The maximum atomic E-state index is 5.99. The van der Waals surface area contributed by atoms with E-state index in [0.29, 0.717) is 17.7 Å². The van der Waals surface area contributed by atoms with Crippen molar-refractivity contribution in [2.75, 3.05) is 11.5 Å². The fourth-order valence-corrected chi connectivity index (χ4v) is 4.71. The summed E-state index contributed by atoms with van der Waals surface area (Å²) in [5.41, 5.74) is 16.3. The SMILES string of the molecule is Cc1cc2ccc(CCC3CCC(n4ccc5c(N)ncnc54)C3)cc2nc1N. The lowest BCUT2D eigenvalue weighted by molar-refractivity contribution is 0.461. The van der Waals surface area contributed by atoms with Crippen molar-refractivity contribution in [1.82, 2.24) is 19.5 Å². The number of hydrogen-bond acceptors (Lipinski definition) is 5. The van der Waals surface area contributed by atoms with E-state index in [2.05, 4.69) is 50.0 Å². The second-order valence-corrected chi connectivity index (χ2v) is 8.31. The van der Waals surface area contributed by atoms with Crippen LogP contribution in [0.15, 0.2) is 42.9 Å². The van der Waals surface area contributed by atoms with Gasteiger partial charge in [-0.15, -0.1) is 0 Å². The number of aromatic nitrogens is 4. The van der Waals surface area contributed by atoms with Gasteiger partial charge in [-0.3, -0.25) is 0 Å². The van der Waals surface area contributed by atoms with Crippen LogP contribution >= 0.6 is 0 Å². The summed E-state index contributed by atoms with van der Waals surface area (Å²) in [6.07, 6.45) is 9.57. The Balaban J connectivity index is 1.27. The van der Waals surface area contributed by atoms with Gasteiger partial charge in [0.05, 0.1) is 10.9 Å². The van der Waals surface area contributed by atoms with Gasteiger partial charge in [0, 0.05) is 17.6 Å². The number of nitrogen functional groups attached to an aromatic ring is 2. The van der Waals surface area contributed by atoms with Crippen molar-refractivity contribution >= 4 is 33.6 Å². The largest absolute Gasteiger partial charge is 0.383 e. The number of nitrogens with zero attached hydrogens (tertiary/aromatic N) is 4. The molecule has 6 nitrogen and oxygen atoms in total. The van der Waals surface area contributed by atoms with Crippen LogP contribution < -0.4 is 11.5 Å². The van der Waals surface area contributed by atoms with Crippen LogP contribution in [0.5, 0.6) is 0 Å². The van der Waals surface area contributed by atoms with Gasteiger partial charge in [0.1, 0.15) is 23.6 Å². The highest BCUT2D eigenvalue weighted by Gasteiger charge is 2.27. The van der Waals surface area contributed by atoms with Crippen molar-refractivity contribution in [1.29, 1.82) is 0 Å². The van der Waals surface area contributed by atoms with E-state index in [0.717, 1.165) is 39.8 Å². The number of aryl methyl sites for hydroxylation is 2. The first-order valence-electron chi connectivity index (χ1n) is 10.3. The molecule has 1 aromatic carbocycles.